The van der Waals surface area contributed by atoms with Crippen LogP contribution in [0.4, 0.5) is 11.4 Å². The van der Waals surface area contributed by atoms with Gasteiger partial charge in [0, 0.05) is 30.3 Å². The van der Waals surface area contributed by atoms with Crippen LogP contribution in [-0.2, 0) is 0 Å². The van der Waals surface area contributed by atoms with Gasteiger partial charge in [-0.2, -0.15) is 5.10 Å². The van der Waals surface area contributed by atoms with E-state index in [1.165, 1.54) is 12.4 Å². The summed E-state index contributed by atoms with van der Waals surface area (Å²) in [6.07, 6.45) is 4.86. The number of rotatable bonds is 5. The molecule has 4 rings (SSSR count). The predicted octanol–water partition coefficient (Wildman–Crippen LogP) is 3.26. The third kappa shape index (κ3) is 3.48. The maximum atomic E-state index is 12.6. The molecule has 0 saturated carbocycles. The molecule has 3 aromatic rings. The third-order valence-electron chi connectivity index (χ3n) is 5.09. The molecule has 28 heavy (non-hydrogen) atoms. The van der Waals surface area contributed by atoms with E-state index in [-0.39, 0.29) is 17.5 Å². The number of nitro benzene ring substituents is 1. The van der Waals surface area contributed by atoms with E-state index in [0.717, 1.165) is 12.8 Å². The Kier molecular flexibility index (Phi) is 4.84. The number of nitro groups is 1. The van der Waals surface area contributed by atoms with Crippen molar-refractivity contribution in [2.24, 2.45) is 0 Å². The molecule has 1 aliphatic rings. The summed E-state index contributed by atoms with van der Waals surface area (Å²) in [5, 5.41) is 15.9. The minimum absolute atomic E-state index is 0.0408. The Labute approximate surface area is 161 Å². The van der Waals surface area contributed by atoms with E-state index in [4.69, 9.17) is 0 Å². The van der Waals surface area contributed by atoms with Gasteiger partial charge in [-0.15, -0.1) is 0 Å². The number of aromatic nitrogens is 3. The lowest BCUT2D eigenvalue weighted by Gasteiger charge is -2.33. The van der Waals surface area contributed by atoms with Crippen molar-refractivity contribution >= 4 is 17.2 Å². The zero-order valence-corrected chi connectivity index (χ0v) is 15.1. The second-order valence-corrected chi connectivity index (χ2v) is 6.75. The average Bonchev–Trinajstić information content (AvgIpc) is 3.28. The van der Waals surface area contributed by atoms with Crippen molar-refractivity contribution in [3.63, 3.8) is 0 Å². The Bertz CT molecular complexity index is 980. The van der Waals surface area contributed by atoms with Crippen LogP contribution in [0.2, 0.25) is 0 Å². The Balaban J connectivity index is 1.56. The lowest BCUT2D eigenvalue weighted by molar-refractivity contribution is -0.384. The van der Waals surface area contributed by atoms with Gasteiger partial charge in [0.25, 0.3) is 5.69 Å². The smallest absolute Gasteiger partial charge is 0.293 e. The Hall–Kier alpha value is -3.55. The van der Waals surface area contributed by atoms with Gasteiger partial charge < -0.3 is 4.90 Å². The van der Waals surface area contributed by atoms with Crippen molar-refractivity contribution < 1.29 is 9.72 Å². The number of hydrogen-bond donors (Lipinski definition) is 0. The van der Waals surface area contributed by atoms with Crippen molar-refractivity contribution in [3.8, 4) is 0 Å². The SMILES string of the molecule is O=C(c1ccccc1)c1ccc(N2CCC(n3cncn3)CC2)c([N+](=O)[O-])c1. The minimum atomic E-state index is -0.416. The van der Waals surface area contributed by atoms with E-state index in [9.17, 15) is 14.9 Å². The molecule has 0 amide bonds. The zero-order chi connectivity index (χ0) is 19.5. The fraction of sp³-hybridized carbons (Fsp3) is 0.250. The monoisotopic (exact) mass is 377 g/mol. The standard InChI is InChI=1S/C20H19N5O3/c26-20(15-4-2-1-3-5-15)16-6-7-18(19(12-16)25(27)28)23-10-8-17(9-11-23)24-14-21-13-22-24/h1-7,12-14,17H,8-11H2. The third-order valence-corrected chi connectivity index (χ3v) is 5.09. The molecule has 8 nitrogen and oxygen atoms in total. The van der Waals surface area contributed by atoms with E-state index in [0.29, 0.717) is 29.9 Å². The molecule has 1 saturated heterocycles. The highest BCUT2D eigenvalue weighted by Gasteiger charge is 2.27. The van der Waals surface area contributed by atoms with Crippen LogP contribution in [0.3, 0.4) is 0 Å². The van der Waals surface area contributed by atoms with E-state index < -0.39 is 4.92 Å². The number of carbonyl (C=O) groups is 1. The highest BCUT2D eigenvalue weighted by Crippen LogP contribution is 2.33. The summed E-state index contributed by atoms with van der Waals surface area (Å²) in [4.78, 5) is 29.9. The number of nitrogens with zero attached hydrogens (tertiary/aromatic N) is 5. The quantitative estimate of drug-likeness (QED) is 0.385. The number of piperidine rings is 1. The van der Waals surface area contributed by atoms with Gasteiger partial charge in [-0.1, -0.05) is 30.3 Å². The second kappa shape index (κ2) is 7.59. The maximum absolute atomic E-state index is 12.6. The molecule has 0 atom stereocenters. The molecule has 1 aliphatic heterocycles. The normalized spacial score (nSPS) is 14.8. The number of anilines is 1. The molecule has 2 aromatic carbocycles. The fourth-order valence-electron chi connectivity index (χ4n) is 3.61. The summed E-state index contributed by atoms with van der Waals surface area (Å²) in [6.45, 7) is 1.36. The van der Waals surface area contributed by atoms with Crippen molar-refractivity contribution in [2.75, 3.05) is 18.0 Å². The Morgan fingerprint density at radius 3 is 2.46 bits per heavy atom. The number of benzene rings is 2. The van der Waals surface area contributed by atoms with Crippen LogP contribution in [0, 0.1) is 10.1 Å². The summed E-state index contributed by atoms with van der Waals surface area (Å²) in [7, 11) is 0. The van der Waals surface area contributed by atoms with E-state index in [2.05, 4.69) is 10.1 Å². The molecule has 142 valence electrons. The first-order chi connectivity index (χ1) is 13.6. The summed E-state index contributed by atoms with van der Waals surface area (Å²) in [6, 6.07) is 13.8. The summed E-state index contributed by atoms with van der Waals surface area (Å²) in [5.74, 6) is -0.222. The highest BCUT2D eigenvalue weighted by atomic mass is 16.6. The minimum Gasteiger partial charge on any atom is -0.366 e. The van der Waals surface area contributed by atoms with Gasteiger partial charge in [0.05, 0.1) is 11.0 Å². The van der Waals surface area contributed by atoms with Gasteiger partial charge in [0.1, 0.15) is 18.3 Å². The lowest BCUT2D eigenvalue weighted by Crippen LogP contribution is -2.35. The Morgan fingerprint density at radius 2 is 1.82 bits per heavy atom. The topological polar surface area (TPSA) is 94.2 Å². The number of carbonyl (C=O) groups excluding carboxylic acids is 1. The Morgan fingerprint density at radius 1 is 1.07 bits per heavy atom. The molecular weight excluding hydrogens is 358 g/mol. The molecule has 0 N–H and O–H groups in total. The van der Waals surface area contributed by atoms with Gasteiger partial charge in [-0.25, -0.2) is 9.67 Å². The van der Waals surface area contributed by atoms with Crippen LogP contribution in [0.5, 0.6) is 0 Å². The molecule has 2 heterocycles. The lowest BCUT2D eigenvalue weighted by atomic mass is 10.0. The van der Waals surface area contributed by atoms with Gasteiger partial charge in [-0.05, 0) is 25.0 Å². The molecule has 8 heteroatoms. The fourth-order valence-corrected chi connectivity index (χ4v) is 3.61. The molecule has 1 aromatic heterocycles. The number of ketones is 1. The summed E-state index contributed by atoms with van der Waals surface area (Å²) >= 11 is 0. The largest absolute Gasteiger partial charge is 0.366 e. The zero-order valence-electron chi connectivity index (χ0n) is 15.1. The van der Waals surface area contributed by atoms with Crippen LogP contribution in [0.15, 0.2) is 61.2 Å². The maximum Gasteiger partial charge on any atom is 0.293 e. The van der Waals surface area contributed by atoms with E-state index >= 15 is 0 Å². The average molecular weight is 377 g/mol. The molecule has 0 bridgehead atoms. The van der Waals surface area contributed by atoms with Gasteiger partial charge in [-0.3, -0.25) is 14.9 Å². The molecule has 0 spiro atoms. The van der Waals surface area contributed by atoms with Crippen LogP contribution in [-0.4, -0.2) is 38.6 Å². The van der Waals surface area contributed by atoms with E-state index in [1.54, 1.807) is 42.7 Å². The van der Waals surface area contributed by atoms with Crippen LogP contribution in [0.1, 0.15) is 34.8 Å². The van der Waals surface area contributed by atoms with Gasteiger partial charge in [0.15, 0.2) is 5.78 Å². The molecule has 0 aliphatic carbocycles. The number of hydrogen-bond acceptors (Lipinski definition) is 6. The highest BCUT2D eigenvalue weighted by molar-refractivity contribution is 6.09. The van der Waals surface area contributed by atoms with Crippen molar-refractivity contribution in [3.05, 3.63) is 82.4 Å². The molecule has 0 radical (unpaired) electrons. The first-order valence-corrected chi connectivity index (χ1v) is 9.11. The van der Waals surface area contributed by atoms with Crippen LogP contribution < -0.4 is 4.90 Å². The molecule has 1 fully saturated rings. The van der Waals surface area contributed by atoms with Crippen LogP contribution in [0.25, 0.3) is 0 Å². The molecular formula is C20H19N5O3. The first kappa shape index (κ1) is 17.8. The van der Waals surface area contributed by atoms with Gasteiger partial charge in [0.2, 0.25) is 0 Å². The summed E-state index contributed by atoms with van der Waals surface area (Å²) < 4.78 is 1.84. The second-order valence-electron chi connectivity index (χ2n) is 6.75. The first-order valence-electron chi connectivity index (χ1n) is 9.11. The summed E-state index contributed by atoms with van der Waals surface area (Å²) in [5.41, 5.74) is 1.34. The van der Waals surface area contributed by atoms with Crippen molar-refractivity contribution in [1.82, 2.24) is 14.8 Å². The van der Waals surface area contributed by atoms with Gasteiger partial charge >= 0.3 is 0 Å². The predicted molar refractivity (Wildman–Crippen MR) is 103 cm³/mol. The van der Waals surface area contributed by atoms with E-state index in [1.807, 2.05) is 15.6 Å². The van der Waals surface area contributed by atoms with Crippen molar-refractivity contribution in [2.45, 2.75) is 18.9 Å². The van der Waals surface area contributed by atoms with Crippen molar-refractivity contribution in [1.29, 1.82) is 0 Å². The molecule has 0 unspecified atom stereocenters. The van der Waals surface area contributed by atoms with Crippen LogP contribution >= 0.6 is 0 Å².